The molecule has 1 saturated carbocycles. The number of aliphatic imine (C=N–C) groups is 2. The molecular formula is C53H52N10O10S. The lowest BCUT2D eigenvalue weighted by molar-refractivity contribution is -0.139. The van der Waals surface area contributed by atoms with Gasteiger partial charge in [0.1, 0.15) is 17.2 Å². The second-order valence-corrected chi connectivity index (χ2v) is 17.9. The van der Waals surface area contributed by atoms with Crippen molar-refractivity contribution in [3.63, 3.8) is 0 Å². The molecule has 5 amide bonds. The van der Waals surface area contributed by atoms with Crippen LogP contribution >= 0.6 is 11.8 Å². The first kappa shape index (κ1) is 51.3. The second-order valence-electron chi connectivity index (χ2n) is 16.9. The number of hydrogen-bond donors (Lipinski definition) is 10. The van der Waals surface area contributed by atoms with E-state index in [-0.39, 0.29) is 70.4 Å². The first-order valence-corrected chi connectivity index (χ1v) is 24.4. The minimum absolute atomic E-state index is 0.0867. The van der Waals surface area contributed by atoms with Crippen LogP contribution in [0.2, 0.25) is 0 Å². The SMILES string of the molecule is CCOC(=O)C1=C(Nc2ccccc2)S/C(=C\c2ccc(OCC3CC3CNC(=O)c3cc(NC(=O)Nc4ccc(C5=NCCN5)cc4)cc(NC(=O)Nc4ccc(C5=NCCN5)cc4)c3)c(O)c2)C1=O.O=CO. The molecule has 5 aromatic carbocycles. The number of aromatic hydroxyl groups is 1. The molecule has 10 N–H and O–H groups in total. The first-order chi connectivity index (χ1) is 36.0. The predicted molar refractivity (Wildman–Crippen MR) is 284 cm³/mol. The lowest BCUT2D eigenvalue weighted by Crippen LogP contribution is -2.27. The number of ether oxygens (including phenoxy) is 2. The van der Waals surface area contributed by atoms with Crippen LogP contribution in [-0.4, -0.2) is 104 Å². The van der Waals surface area contributed by atoms with Crippen LogP contribution in [0.15, 0.2) is 141 Å². The van der Waals surface area contributed by atoms with Crippen LogP contribution < -0.4 is 47.3 Å². The molecule has 9 rings (SSSR count). The quantitative estimate of drug-likeness (QED) is 0.0193. The summed E-state index contributed by atoms with van der Waals surface area (Å²) in [7, 11) is 0. The normalized spacial score (nSPS) is 16.8. The van der Waals surface area contributed by atoms with E-state index >= 15 is 0 Å². The molecule has 380 valence electrons. The maximum absolute atomic E-state index is 13.7. The van der Waals surface area contributed by atoms with Crippen molar-refractivity contribution >= 4 is 94.1 Å². The van der Waals surface area contributed by atoms with E-state index in [1.54, 1.807) is 55.5 Å². The minimum atomic E-state index is -0.721. The van der Waals surface area contributed by atoms with Crippen molar-refractivity contribution in [3.8, 4) is 11.5 Å². The number of nitrogens with one attached hydrogen (secondary N) is 8. The van der Waals surface area contributed by atoms with Gasteiger partial charge < -0.3 is 62.2 Å². The molecule has 2 unspecified atom stereocenters. The number of benzene rings is 5. The lowest BCUT2D eigenvalue weighted by atomic mass is 10.1. The second kappa shape index (κ2) is 24.3. The molecule has 1 fully saturated rings. The molecule has 0 aromatic heterocycles. The van der Waals surface area contributed by atoms with Crippen LogP contribution in [-0.2, 0) is 19.1 Å². The van der Waals surface area contributed by atoms with E-state index in [2.05, 4.69) is 52.5 Å². The van der Waals surface area contributed by atoms with Crippen LogP contribution in [0.1, 0.15) is 40.4 Å². The van der Waals surface area contributed by atoms with Crippen LogP contribution in [0.5, 0.6) is 11.5 Å². The number of carboxylic acid groups (broad SMARTS) is 1. The molecule has 0 radical (unpaired) electrons. The Bertz CT molecular complexity index is 2950. The summed E-state index contributed by atoms with van der Waals surface area (Å²) in [4.78, 5) is 83.9. The fraction of sp³-hybridized carbons (Fsp3) is 0.208. The number of rotatable bonds is 17. The maximum atomic E-state index is 13.7. The molecule has 3 aliphatic heterocycles. The number of carbonyl (C=O) groups excluding carboxylic acids is 5. The van der Waals surface area contributed by atoms with Crippen LogP contribution in [0.4, 0.5) is 38.0 Å². The molecule has 0 saturated heterocycles. The number of allylic oxidation sites excluding steroid dienone is 1. The Morgan fingerprint density at radius 1 is 0.743 bits per heavy atom. The van der Waals surface area contributed by atoms with Crippen molar-refractivity contribution < 1.29 is 48.5 Å². The summed E-state index contributed by atoms with van der Waals surface area (Å²) < 4.78 is 11.2. The van der Waals surface area contributed by atoms with Crippen molar-refractivity contribution in [2.75, 3.05) is 72.5 Å². The fourth-order valence-electron chi connectivity index (χ4n) is 7.94. The highest BCUT2D eigenvalue weighted by molar-refractivity contribution is 8.08. The zero-order chi connectivity index (χ0) is 52.0. The number of esters is 1. The van der Waals surface area contributed by atoms with Gasteiger partial charge in [0, 0.05) is 64.8 Å². The Labute approximate surface area is 429 Å². The van der Waals surface area contributed by atoms with Crippen LogP contribution in [0.3, 0.4) is 0 Å². The zero-order valence-corrected chi connectivity index (χ0v) is 40.7. The highest BCUT2D eigenvalue weighted by Crippen LogP contribution is 2.42. The Hall–Kier alpha value is -9.11. The van der Waals surface area contributed by atoms with Gasteiger partial charge in [-0.05, 0) is 128 Å². The number of urea groups is 2. The van der Waals surface area contributed by atoms with Gasteiger partial charge in [-0.25, -0.2) is 14.4 Å². The maximum Gasteiger partial charge on any atom is 0.344 e. The summed E-state index contributed by atoms with van der Waals surface area (Å²) in [5.74, 6) is 0.290. The summed E-state index contributed by atoms with van der Waals surface area (Å²) in [5, 5.41) is 41.9. The Morgan fingerprint density at radius 2 is 1.32 bits per heavy atom. The minimum Gasteiger partial charge on any atom is -0.504 e. The number of para-hydroxylation sites is 1. The van der Waals surface area contributed by atoms with Crippen LogP contribution in [0, 0.1) is 11.8 Å². The van der Waals surface area contributed by atoms with Crippen molar-refractivity contribution in [2.45, 2.75) is 13.3 Å². The van der Waals surface area contributed by atoms with E-state index in [1.165, 1.54) is 18.2 Å². The average Bonchev–Trinajstić information content (AvgIpc) is 3.75. The standard InChI is InChI=1S/C52H50N10O8S.CH2O2/c1-2-69-50(66)44-45(64)43(71-49(44)58-36-6-4-3-5-7-36)23-30-8-17-42(41(63)22-30)70-29-35-24-34(35)28-57-48(65)33-25-39(61-51(67)59-37-13-9-31(10-14-37)46-53-18-19-54-46)27-40(26-33)62-52(68)60-38-15-11-32(12-16-38)47-55-20-21-56-47;2-1-3/h3-17,22-23,25-27,34-35,58,63H,2,18-21,24,28-29H2,1H3,(H,53,54)(H,55,56)(H,57,65)(H2,59,61,67)(H2,60,62,68);1H,(H,2,3)/b43-23-;. The van der Waals surface area contributed by atoms with E-state index in [0.717, 1.165) is 54.1 Å². The first-order valence-electron chi connectivity index (χ1n) is 23.5. The van der Waals surface area contributed by atoms with Gasteiger partial charge in [-0.3, -0.25) is 24.4 Å². The van der Waals surface area contributed by atoms with E-state index in [9.17, 15) is 29.1 Å². The van der Waals surface area contributed by atoms with Gasteiger partial charge in [0.25, 0.3) is 12.4 Å². The van der Waals surface area contributed by atoms with Crippen molar-refractivity contribution in [1.82, 2.24) is 16.0 Å². The van der Waals surface area contributed by atoms with Gasteiger partial charge in [-0.1, -0.05) is 36.0 Å². The number of ketones is 1. The average molecular weight is 1020 g/mol. The van der Waals surface area contributed by atoms with E-state index in [4.69, 9.17) is 19.4 Å². The molecular weight excluding hydrogens is 969 g/mol. The molecule has 20 nitrogen and oxygen atoms in total. The number of Topliss-reactive ketones (excluding diaryl/α,β-unsaturated/α-hetero) is 1. The molecule has 0 spiro atoms. The fourth-order valence-corrected chi connectivity index (χ4v) is 8.99. The monoisotopic (exact) mass is 1020 g/mol. The summed E-state index contributed by atoms with van der Waals surface area (Å²) in [6, 6.07) is 31.9. The number of carbonyl (C=O) groups is 6. The third kappa shape index (κ3) is 13.6. The van der Waals surface area contributed by atoms with Gasteiger partial charge in [-0.15, -0.1) is 0 Å². The molecule has 4 aliphatic rings. The molecule has 74 heavy (non-hydrogen) atoms. The van der Waals surface area contributed by atoms with E-state index in [1.807, 2.05) is 54.6 Å². The third-order valence-corrected chi connectivity index (χ3v) is 12.7. The molecule has 0 bridgehead atoms. The Kier molecular flexibility index (Phi) is 16.9. The number of nitrogens with zero attached hydrogens (tertiary/aromatic N) is 2. The molecule has 2 atom stereocenters. The zero-order valence-electron chi connectivity index (χ0n) is 39.9. The highest BCUT2D eigenvalue weighted by Gasteiger charge is 2.38. The highest BCUT2D eigenvalue weighted by atomic mass is 32.2. The molecule has 3 heterocycles. The Morgan fingerprint density at radius 3 is 1.86 bits per heavy atom. The number of phenolic OH excluding ortho intramolecular Hbond substituents is 1. The van der Waals surface area contributed by atoms with Crippen molar-refractivity contribution in [2.24, 2.45) is 21.8 Å². The number of amidine groups is 2. The largest absolute Gasteiger partial charge is 0.504 e. The number of anilines is 5. The third-order valence-electron chi connectivity index (χ3n) is 11.6. The topological polar surface area (TPSA) is 282 Å². The summed E-state index contributed by atoms with van der Waals surface area (Å²) in [6.07, 6.45) is 2.37. The number of hydrogen-bond acceptors (Lipinski definition) is 15. The Balaban J connectivity index is 0.00000237. The predicted octanol–water partition coefficient (Wildman–Crippen LogP) is 7.07. The van der Waals surface area contributed by atoms with Crippen molar-refractivity contribution in [1.29, 1.82) is 0 Å². The summed E-state index contributed by atoms with van der Waals surface area (Å²) >= 11 is 1.11. The summed E-state index contributed by atoms with van der Waals surface area (Å²) in [6.45, 7) is 5.11. The lowest BCUT2D eigenvalue weighted by Gasteiger charge is -2.14. The van der Waals surface area contributed by atoms with Crippen molar-refractivity contribution in [3.05, 3.63) is 153 Å². The van der Waals surface area contributed by atoms with Gasteiger partial charge in [0.05, 0.1) is 36.2 Å². The van der Waals surface area contributed by atoms with Crippen LogP contribution in [0.25, 0.3) is 6.08 Å². The summed E-state index contributed by atoms with van der Waals surface area (Å²) in [5.41, 5.74) is 4.75. The van der Waals surface area contributed by atoms with Gasteiger partial charge in [0.15, 0.2) is 11.5 Å². The molecule has 21 heteroatoms. The smallest absolute Gasteiger partial charge is 0.344 e. The number of phenols is 1. The number of amides is 5. The van der Waals surface area contributed by atoms with E-state index in [0.29, 0.717) is 47.3 Å². The molecule has 1 aliphatic carbocycles. The molecule has 5 aromatic rings. The van der Waals surface area contributed by atoms with Gasteiger partial charge >= 0.3 is 18.0 Å². The number of thioether (sulfide) groups is 1. The van der Waals surface area contributed by atoms with Gasteiger partial charge in [-0.2, -0.15) is 0 Å². The van der Waals surface area contributed by atoms with E-state index < -0.39 is 29.7 Å². The van der Waals surface area contributed by atoms with Gasteiger partial charge in [0.2, 0.25) is 5.78 Å².